The molecule has 0 fully saturated rings. The number of hydrogen-bond donors (Lipinski definition) is 1. The number of halogens is 1. The predicted octanol–water partition coefficient (Wildman–Crippen LogP) is 4.18. The van der Waals surface area contributed by atoms with Crippen molar-refractivity contribution in [1.82, 2.24) is 5.32 Å². The van der Waals surface area contributed by atoms with Crippen molar-refractivity contribution in [3.8, 4) is 5.75 Å². The van der Waals surface area contributed by atoms with E-state index in [1.165, 1.54) is 0 Å². The number of ether oxygens (including phenoxy) is 1. The van der Waals surface area contributed by atoms with Crippen LogP contribution in [0.4, 0.5) is 0 Å². The van der Waals surface area contributed by atoms with E-state index in [-0.39, 0.29) is 0 Å². The summed E-state index contributed by atoms with van der Waals surface area (Å²) >= 11 is 6.21. The summed E-state index contributed by atoms with van der Waals surface area (Å²) in [5, 5.41) is 4.11. The maximum Gasteiger partial charge on any atom is 0.125 e. The van der Waals surface area contributed by atoms with Crippen LogP contribution in [0.1, 0.15) is 32.3 Å². The Balaban J connectivity index is 2.64. The molecule has 0 bridgehead atoms. The van der Waals surface area contributed by atoms with E-state index >= 15 is 0 Å². The molecule has 0 aromatic heterocycles. The third kappa shape index (κ3) is 5.11. The van der Waals surface area contributed by atoms with Gasteiger partial charge in [-0.15, -0.1) is 6.58 Å². The van der Waals surface area contributed by atoms with E-state index < -0.39 is 0 Å². The van der Waals surface area contributed by atoms with Crippen molar-refractivity contribution in [3.63, 3.8) is 0 Å². The van der Waals surface area contributed by atoms with Crippen LogP contribution in [-0.4, -0.2) is 13.2 Å². The lowest BCUT2D eigenvalue weighted by molar-refractivity contribution is 0.317. The van der Waals surface area contributed by atoms with E-state index in [9.17, 15) is 0 Å². The molecule has 100 valence electrons. The average Bonchev–Trinajstić information content (AvgIpc) is 2.32. The Bertz CT molecular complexity index is 390. The standard InChI is InChI=1S/C15H22ClNO/c1-4-9-17-11-13-14(16)6-5-7-15(13)18-10-8-12(2)3/h5-7,17H,2,4,8-11H2,1,3H3. The quantitative estimate of drug-likeness (QED) is 0.563. The highest BCUT2D eigenvalue weighted by molar-refractivity contribution is 6.31. The molecule has 0 aliphatic heterocycles. The van der Waals surface area contributed by atoms with Crippen LogP contribution in [0.25, 0.3) is 0 Å². The van der Waals surface area contributed by atoms with Crippen LogP contribution in [0.2, 0.25) is 5.02 Å². The molecule has 0 radical (unpaired) electrons. The number of nitrogens with one attached hydrogen (secondary N) is 1. The van der Waals surface area contributed by atoms with Crippen LogP contribution in [0.3, 0.4) is 0 Å². The maximum atomic E-state index is 6.21. The Labute approximate surface area is 115 Å². The smallest absolute Gasteiger partial charge is 0.125 e. The number of hydrogen-bond acceptors (Lipinski definition) is 2. The van der Waals surface area contributed by atoms with Gasteiger partial charge < -0.3 is 10.1 Å². The molecule has 0 unspecified atom stereocenters. The summed E-state index contributed by atoms with van der Waals surface area (Å²) in [6, 6.07) is 5.78. The first-order valence-electron chi connectivity index (χ1n) is 6.40. The van der Waals surface area contributed by atoms with Crippen molar-refractivity contribution >= 4 is 11.6 Å². The van der Waals surface area contributed by atoms with Crippen molar-refractivity contribution in [2.24, 2.45) is 0 Å². The normalized spacial score (nSPS) is 10.4. The maximum absolute atomic E-state index is 6.21. The Morgan fingerprint density at radius 2 is 2.22 bits per heavy atom. The van der Waals surface area contributed by atoms with Gasteiger partial charge in [0.2, 0.25) is 0 Å². The van der Waals surface area contributed by atoms with Gasteiger partial charge in [-0.3, -0.25) is 0 Å². The molecule has 0 saturated heterocycles. The summed E-state index contributed by atoms with van der Waals surface area (Å²) in [5.74, 6) is 0.868. The van der Waals surface area contributed by atoms with Crippen molar-refractivity contribution < 1.29 is 4.74 Å². The molecule has 18 heavy (non-hydrogen) atoms. The van der Waals surface area contributed by atoms with Crippen LogP contribution in [-0.2, 0) is 6.54 Å². The molecule has 0 heterocycles. The molecule has 1 N–H and O–H groups in total. The SMILES string of the molecule is C=C(C)CCOc1cccc(Cl)c1CNCCC. The van der Waals surface area contributed by atoms with Crippen LogP contribution in [0, 0.1) is 0 Å². The minimum atomic E-state index is 0.649. The van der Waals surface area contributed by atoms with Gasteiger partial charge in [-0.1, -0.05) is 30.2 Å². The number of rotatable bonds is 8. The second kappa shape index (κ2) is 8.17. The molecule has 0 atom stereocenters. The van der Waals surface area contributed by atoms with Crippen molar-refractivity contribution in [2.45, 2.75) is 33.2 Å². The van der Waals surface area contributed by atoms with E-state index in [1.54, 1.807) is 0 Å². The Kier molecular flexibility index (Phi) is 6.84. The summed E-state index contributed by atoms with van der Waals surface area (Å²) in [6.07, 6.45) is 1.98. The molecule has 0 aliphatic rings. The monoisotopic (exact) mass is 267 g/mol. The van der Waals surface area contributed by atoms with Crippen LogP contribution in [0.5, 0.6) is 5.75 Å². The minimum absolute atomic E-state index is 0.649. The topological polar surface area (TPSA) is 21.3 Å². The molecular formula is C15H22ClNO. The zero-order valence-corrected chi connectivity index (χ0v) is 12.0. The highest BCUT2D eigenvalue weighted by Gasteiger charge is 2.07. The molecule has 0 spiro atoms. The van der Waals surface area contributed by atoms with Gasteiger partial charge in [0.15, 0.2) is 0 Å². The highest BCUT2D eigenvalue weighted by atomic mass is 35.5. The fourth-order valence-corrected chi connectivity index (χ4v) is 1.80. The van der Waals surface area contributed by atoms with Gasteiger partial charge in [0, 0.05) is 23.6 Å². The van der Waals surface area contributed by atoms with Crippen molar-refractivity contribution in [1.29, 1.82) is 0 Å². The first-order chi connectivity index (χ1) is 8.65. The third-order valence-corrected chi connectivity index (χ3v) is 2.94. The van der Waals surface area contributed by atoms with Gasteiger partial charge in [0.25, 0.3) is 0 Å². The van der Waals surface area contributed by atoms with Gasteiger partial charge >= 0.3 is 0 Å². The number of benzene rings is 1. The molecule has 0 saturated carbocycles. The fraction of sp³-hybridized carbons (Fsp3) is 0.467. The first kappa shape index (κ1) is 15.1. The summed E-state index contributed by atoms with van der Waals surface area (Å²) in [6.45, 7) is 10.4. The summed E-state index contributed by atoms with van der Waals surface area (Å²) in [5.41, 5.74) is 2.16. The fourth-order valence-electron chi connectivity index (χ4n) is 1.57. The van der Waals surface area contributed by atoms with E-state index in [1.807, 2.05) is 25.1 Å². The van der Waals surface area contributed by atoms with E-state index in [0.717, 1.165) is 47.8 Å². The van der Waals surface area contributed by atoms with Crippen molar-refractivity contribution in [3.05, 3.63) is 40.9 Å². The zero-order chi connectivity index (χ0) is 13.4. The lowest BCUT2D eigenvalue weighted by Crippen LogP contribution is -2.15. The van der Waals surface area contributed by atoms with Gasteiger partial charge in [0.05, 0.1) is 6.61 Å². The van der Waals surface area contributed by atoms with Gasteiger partial charge in [-0.25, -0.2) is 0 Å². The second-order valence-corrected chi connectivity index (χ2v) is 4.86. The summed E-state index contributed by atoms with van der Waals surface area (Å²) in [4.78, 5) is 0. The summed E-state index contributed by atoms with van der Waals surface area (Å²) < 4.78 is 5.77. The van der Waals surface area contributed by atoms with Crippen LogP contribution >= 0.6 is 11.6 Å². The van der Waals surface area contributed by atoms with E-state index in [2.05, 4.69) is 18.8 Å². The molecule has 1 rings (SSSR count). The average molecular weight is 268 g/mol. The van der Waals surface area contributed by atoms with Gasteiger partial charge in [-0.05, 0) is 32.0 Å². The predicted molar refractivity (Wildman–Crippen MR) is 78.4 cm³/mol. The van der Waals surface area contributed by atoms with Gasteiger partial charge in [-0.2, -0.15) is 0 Å². The Hall–Kier alpha value is -0.990. The second-order valence-electron chi connectivity index (χ2n) is 4.45. The molecule has 1 aromatic carbocycles. The molecule has 0 aliphatic carbocycles. The molecule has 1 aromatic rings. The molecule has 0 amide bonds. The van der Waals surface area contributed by atoms with E-state index in [0.29, 0.717) is 6.61 Å². The third-order valence-electron chi connectivity index (χ3n) is 2.59. The van der Waals surface area contributed by atoms with E-state index in [4.69, 9.17) is 16.3 Å². The lowest BCUT2D eigenvalue weighted by atomic mass is 10.2. The zero-order valence-electron chi connectivity index (χ0n) is 11.3. The van der Waals surface area contributed by atoms with Crippen molar-refractivity contribution in [2.75, 3.05) is 13.2 Å². The molecule has 3 heteroatoms. The lowest BCUT2D eigenvalue weighted by Gasteiger charge is -2.13. The largest absolute Gasteiger partial charge is 0.493 e. The molecule has 2 nitrogen and oxygen atoms in total. The minimum Gasteiger partial charge on any atom is -0.493 e. The summed E-state index contributed by atoms with van der Waals surface area (Å²) in [7, 11) is 0. The highest BCUT2D eigenvalue weighted by Crippen LogP contribution is 2.26. The van der Waals surface area contributed by atoms with Crippen LogP contribution < -0.4 is 10.1 Å². The van der Waals surface area contributed by atoms with Crippen LogP contribution in [0.15, 0.2) is 30.4 Å². The van der Waals surface area contributed by atoms with Gasteiger partial charge in [0.1, 0.15) is 5.75 Å². The Morgan fingerprint density at radius 3 is 2.89 bits per heavy atom. The Morgan fingerprint density at radius 1 is 1.44 bits per heavy atom. The molecular weight excluding hydrogens is 246 g/mol. The first-order valence-corrected chi connectivity index (χ1v) is 6.78.